The summed E-state index contributed by atoms with van der Waals surface area (Å²) in [5.74, 6) is 0.715. The molecule has 0 bridgehead atoms. The number of nitrogens with zero attached hydrogens (tertiary/aromatic N) is 2. The molecule has 214 valence electrons. The number of carbonyl (C=O) groups is 2. The number of amides is 2. The van der Waals surface area contributed by atoms with Gasteiger partial charge in [0.2, 0.25) is 21.8 Å². The van der Waals surface area contributed by atoms with Gasteiger partial charge in [-0.25, -0.2) is 8.42 Å². The fourth-order valence-electron chi connectivity index (χ4n) is 4.06. The number of hydrogen-bond acceptors (Lipinski definition) is 6. The van der Waals surface area contributed by atoms with Crippen LogP contribution in [0.2, 0.25) is 10.0 Å². The minimum absolute atomic E-state index is 0.0275. The van der Waals surface area contributed by atoms with Crippen LogP contribution in [0.3, 0.4) is 0 Å². The van der Waals surface area contributed by atoms with Crippen LogP contribution in [0.15, 0.2) is 36.4 Å². The number of ether oxygens (including phenoxy) is 2. The zero-order valence-electron chi connectivity index (χ0n) is 22.6. The molecule has 12 heteroatoms. The summed E-state index contributed by atoms with van der Waals surface area (Å²) in [4.78, 5) is 27.8. The smallest absolute Gasteiger partial charge is 0.242 e. The number of hydrogen-bond donors (Lipinski definition) is 1. The lowest BCUT2D eigenvalue weighted by Crippen LogP contribution is -2.48. The molecule has 39 heavy (non-hydrogen) atoms. The van der Waals surface area contributed by atoms with E-state index in [-0.39, 0.29) is 43.7 Å². The monoisotopic (exact) mass is 599 g/mol. The second kappa shape index (κ2) is 13.6. The van der Waals surface area contributed by atoms with Crippen molar-refractivity contribution in [3.8, 4) is 11.5 Å². The van der Waals surface area contributed by atoms with E-state index in [1.165, 1.54) is 9.21 Å². The fourth-order valence-corrected chi connectivity index (χ4v) is 5.34. The molecule has 1 aliphatic heterocycles. The van der Waals surface area contributed by atoms with E-state index in [0.717, 1.165) is 11.8 Å². The van der Waals surface area contributed by atoms with Crippen molar-refractivity contribution in [2.24, 2.45) is 5.92 Å². The Morgan fingerprint density at radius 3 is 2.33 bits per heavy atom. The predicted molar refractivity (Wildman–Crippen MR) is 153 cm³/mol. The zero-order valence-corrected chi connectivity index (χ0v) is 24.9. The molecule has 1 atom stereocenters. The summed E-state index contributed by atoms with van der Waals surface area (Å²) in [7, 11) is -3.64. The third kappa shape index (κ3) is 8.65. The normalized spacial score (nSPS) is 13.6. The number of sulfonamides is 1. The van der Waals surface area contributed by atoms with Crippen molar-refractivity contribution in [3.05, 3.63) is 52.0 Å². The lowest BCUT2D eigenvalue weighted by atomic mass is 10.1. The Bertz CT molecular complexity index is 1290. The number of fused-ring (bicyclic) bond motifs is 1. The molecule has 0 fully saturated rings. The number of anilines is 1. The van der Waals surface area contributed by atoms with Crippen molar-refractivity contribution in [1.82, 2.24) is 10.2 Å². The first-order chi connectivity index (χ1) is 18.4. The molecule has 1 N–H and O–H groups in total. The van der Waals surface area contributed by atoms with Crippen LogP contribution < -0.4 is 19.1 Å². The molecule has 2 aromatic carbocycles. The standard InChI is InChI=1S/C27H35Cl2N3O6S/c1-18(2)16-30-27(34)19(3)31(17-20-7-9-22(28)23(29)14-20)26(33)6-5-11-32(39(4,35)36)21-8-10-24-25(15-21)38-13-12-37-24/h7-10,14-15,18-19H,5-6,11-13,16-17H2,1-4H3,(H,30,34)/t19-/m0/s1. The first kappa shape index (κ1) is 30.8. The number of carbonyl (C=O) groups excluding carboxylic acids is 2. The summed E-state index contributed by atoms with van der Waals surface area (Å²) in [5, 5.41) is 3.61. The molecule has 1 heterocycles. The average Bonchev–Trinajstić information content (AvgIpc) is 2.88. The van der Waals surface area contributed by atoms with Crippen molar-refractivity contribution in [2.75, 3.05) is 36.9 Å². The second-order valence-electron chi connectivity index (χ2n) is 9.85. The van der Waals surface area contributed by atoms with Crippen LogP contribution in [-0.4, -0.2) is 63.7 Å². The number of nitrogens with one attached hydrogen (secondary N) is 1. The van der Waals surface area contributed by atoms with Gasteiger partial charge in [-0.05, 0) is 49.1 Å². The SMILES string of the molecule is CC(C)CNC(=O)[C@H](C)N(Cc1ccc(Cl)c(Cl)c1)C(=O)CCCN(c1ccc2c(c1)OCCO2)S(C)(=O)=O. The van der Waals surface area contributed by atoms with Gasteiger partial charge in [-0.15, -0.1) is 0 Å². The molecule has 2 aromatic rings. The van der Waals surface area contributed by atoms with Crippen molar-refractivity contribution in [1.29, 1.82) is 0 Å². The molecule has 0 radical (unpaired) electrons. The topological polar surface area (TPSA) is 105 Å². The minimum Gasteiger partial charge on any atom is -0.486 e. The van der Waals surface area contributed by atoms with E-state index in [1.54, 1.807) is 43.3 Å². The molecular weight excluding hydrogens is 565 g/mol. The summed E-state index contributed by atoms with van der Waals surface area (Å²) in [6.07, 6.45) is 1.38. The Hall–Kier alpha value is -2.69. The molecule has 0 unspecified atom stereocenters. The number of benzene rings is 2. The highest BCUT2D eigenvalue weighted by Gasteiger charge is 2.27. The van der Waals surface area contributed by atoms with Gasteiger partial charge in [0, 0.05) is 32.1 Å². The van der Waals surface area contributed by atoms with E-state index in [4.69, 9.17) is 32.7 Å². The highest BCUT2D eigenvalue weighted by molar-refractivity contribution is 7.92. The molecule has 0 spiro atoms. The first-order valence-corrected chi connectivity index (χ1v) is 15.4. The maximum Gasteiger partial charge on any atom is 0.242 e. The van der Waals surface area contributed by atoms with E-state index < -0.39 is 16.1 Å². The third-order valence-electron chi connectivity index (χ3n) is 6.15. The maximum atomic E-state index is 13.4. The van der Waals surface area contributed by atoms with Crippen LogP contribution >= 0.6 is 23.2 Å². The Morgan fingerprint density at radius 2 is 1.69 bits per heavy atom. The Kier molecular flexibility index (Phi) is 10.7. The van der Waals surface area contributed by atoms with Gasteiger partial charge < -0.3 is 19.7 Å². The summed E-state index contributed by atoms with van der Waals surface area (Å²) in [6.45, 7) is 7.14. The van der Waals surface area contributed by atoms with E-state index in [0.29, 0.717) is 47.0 Å². The molecule has 1 aliphatic rings. The number of halogens is 2. The lowest BCUT2D eigenvalue weighted by Gasteiger charge is -2.30. The predicted octanol–water partition coefficient (Wildman–Crippen LogP) is 4.50. The molecule has 3 rings (SSSR count). The largest absolute Gasteiger partial charge is 0.486 e. The Morgan fingerprint density at radius 1 is 1.00 bits per heavy atom. The van der Waals surface area contributed by atoms with Gasteiger partial charge in [-0.2, -0.15) is 0 Å². The summed E-state index contributed by atoms with van der Waals surface area (Å²) < 4.78 is 37.6. The Labute approximate surface area is 240 Å². The van der Waals surface area contributed by atoms with Crippen LogP contribution in [-0.2, 0) is 26.2 Å². The quantitative estimate of drug-likeness (QED) is 0.385. The molecule has 0 saturated heterocycles. The van der Waals surface area contributed by atoms with Gasteiger partial charge >= 0.3 is 0 Å². The van der Waals surface area contributed by atoms with E-state index in [9.17, 15) is 18.0 Å². The summed E-state index contributed by atoms with van der Waals surface area (Å²) >= 11 is 12.2. The molecule has 0 aliphatic carbocycles. The zero-order chi connectivity index (χ0) is 28.7. The van der Waals surface area contributed by atoms with Crippen molar-refractivity contribution in [2.45, 2.75) is 46.2 Å². The average molecular weight is 601 g/mol. The maximum absolute atomic E-state index is 13.4. The summed E-state index contributed by atoms with van der Waals surface area (Å²) in [6, 6.07) is 9.24. The molecule has 0 saturated carbocycles. The van der Waals surface area contributed by atoms with Gasteiger partial charge in [-0.3, -0.25) is 13.9 Å². The van der Waals surface area contributed by atoms with E-state index >= 15 is 0 Å². The molecular formula is C27H35Cl2N3O6S. The highest BCUT2D eigenvalue weighted by Crippen LogP contribution is 2.35. The molecule has 9 nitrogen and oxygen atoms in total. The van der Waals surface area contributed by atoms with E-state index in [1.807, 2.05) is 13.8 Å². The van der Waals surface area contributed by atoms with Gasteiger partial charge in [0.05, 0.1) is 22.0 Å². The van der Waals surface area contributed by atoms with Crippen LogP contribution in [0.5, 0.6) is 11.5 Å². The third-order valence-corrected chi connectivity index (χ3v) is 8.09. The molecule has 2 amide bonds. The summed E-state index contributed by atoms with van der Waals surface area (Å²) in [5.41, 5.74) is 1.14. The van der Waals surface area contributed by atoms with Crippen molar-refractivity contribution in [3.63, 3.8) is 0 Å². The number of rotatable bonds is 12. The van der Waals surface area contributed by atoms with Gasteiger partial charge in [-0.1, -0.05) is 43.1 Å². The van der Waals surface area contributed by atoms with Gasteiger partial charge in [0.1, 0.15) is 19.3 Å². The fraction of sp³-hybridized carbons (Fsp3) is 0.481. The van der Waals surface area contributed by atoms with E-state index in [2.05, 4.69) is 5.32 Å². The first-order valence-electron chi connectivity index (χ1n) is 12.7. The second-order valence-corrected chi connectivity index (χ2v) is 12.6. The van der Waals surface area contributed by atoms with Crippen LogP contribution in [0, 0.1) is 5.92 Å². The molecule has 0 aromatic heterocycles. The van der Waals surface area contributed by atoms with Crippen LogP contribution in [0.1, 0.15) is 39.2 Å². The van der Waals surface area contributed by atoms with Crippen molar-refractivity contribution >= 4 is 50.7 Å². The van der Waals surface area contributed by atoms with Crippen LogP contribution in [0.4, 0.5) is 5.69 Å². The van der Waals surface area contributed by atoms with Gasteiger partial charge in [0.25, 0.3) is 0 Å². The minimum atomic E-state index is -3.64. The highest BCUT2D eigenvalue weighted by atomic mass is 35.5. The Balaban J connectivity index is 1.74. The van der Waals surface area contributed by atoms with Gasteiger partial charge in [0.15, 0.2) is 11.5 Å². The lowest BCUT2D eigenvalue weighted by molar-refractivity contribution is -0.140. The van der Waals surface area contributed by atoms with Crippen LogP contribution in [0.25, 0.3) is 0 Å². The van der Waals surface area contributed by atoms with Crippen molar-refractivity contribution < 1.29 is 27.5 Å².